The maximum Gasteiger partial charge on any atom is 0.494 e. The summed E-state index contributed by atoms with van der Waals surface area (Å²) in [6, 6.07) is 52.5. The number of aromatic nitrogens is 1. The average molecular weight is 746 g/mol. The Labute approximate surface area is 328 Å². The van der Waals surface area contributed by atoms with Crippen LogP contribution in [0.5, 0.6) is 0 Å². The Balaban J connectivity index is 1.04. The van der Waals surface area contributed by atoms with Gasteiger partial charge in [-0.05, 0) is 128 Å². The van der Waals surface area contributed by atoms with Crippen LogP contribution >= 0.6 is 11.3 Å². The van der Waals surface area contributed by atoms with Crippen molar-refractivity contribution in [3.05, 3.63) is 145 Å². The summed E-state index contributed by atoms with van der Waals surface area (Å²) in [5, 5.41) is 8.15. The fraction of sp³-hybridized carbons (Fsp3) is 0.143. The number of fused-ring (bicyclic) bond motifs is 9. The van der Waals surface area contributed by atoms with Crippen LogP contribution in [0.4, 0.5) is 0 Å². The van der Waals surface area contributed by atoms with E-state index in [0.29, 0.717) is 0 Å². The molecule has 6 heteroatoms. The smallest absolute Gasteiger partial charge is 0.399 e. The van der Waals surface area contributed by atoms with Gasteiger partial charge in [-0.2, -0.15) is 0 Å². The summed E-state index contributed by atoms with van der Waals surface area (Å²) < 4.78 is 18.2. The van der Waals surface area contributed by atoms with Gasteiger partial charge in [0.25, 0.3) is 0 Å². The highest BCUT2D eigenvalue weighted by atomic mass is 32.1. The molecule has 11 rings (SSSR count). The zero-order valence-electron chi connectivity index (χ0n) is 31.7. The van der Waals surface area contributed by atoms with Gasteiger partial charge in [0.1, 0.15) is 0 Å². The zero-order chi connectivity index (χ0) is 37.2. The number of thiophene rings is 1. The molecule has 0 amide bonds. The van der Waals surface area contributed by atoms with Crippen LogP contribution in [-0.4, -0.2) is 32.4 Å². The molecule has 0 spiro atoms. The summed E-state index contributed by atoms with van der Waals surface area (Å²) in [6.45, 7) is 10.6. The van der Waals surface area contributed by atoms with E-state index in [1.165, 1.54) is 75.4 Å². The second-order valence-electron chi connectivity index (χ2n) is 16.5. The Kier molecular flexibility index (Phi) is 7.16. The van der Waals surface area contributed by atoms with Gasteiger partial charge in [-0.1, -0.05) is 101 Å². The maximum atomic E-state index is 6.55. The molecule has 0 saturated carbocycles. The van der Waals surface area contributed by atoms with Crippen LogP contribution in [0.1, 0.15) is 33.3 Å². The maximum absolute atomic E-state index is 6.55. The highest BCUT2D eigenvalue weighted by Gasteiger charge is 2.51. The highest BCUT2D eigenvalue weighted by molar-refractivity contribution is 7.25. The Morgan fingerprint density at radius 2 is 1.11 bits per heavy atom. The molecule has 2 aliphatic heterocycles. The molecule has 9 aromatic rings. The molecule has 1 fully saturated rings. The molecule has 55 heavy (non-hydrogen) atoms. The molecular formula is C49H40BNO2SSi. The summed E-state index contributed by atoms with van der Waals surface area (Å²) in [7, 11) is -0.895. The van der Waals surface area contributed by atoms with Crippen molar-refractivity contribution in [3.8, 4) is 39.1 Å². The highest BCUT2D eigenvalue weighted by Crippen LogP contribution is 2.41. The monoisotopic (exact) mass is 745 g/mol. The first-order valence-corrected chi connectivity index (χ1v) is 21.5. The van der Waals surface area contributed by atoms with Crippen LogP contribution in [0, 0.1) is 6.92 Å². The molecule has 0 aliphatic carbocycles. The van der Waals surface area contributed by atoms with Crippen molar-refractivity contribution in [2.75, 3.05) is 0 Å². The number of hydrogen-bond acceptors (Lipinski definition) is 3. The van der Waals surface area contributed by atoms with Gasteiger partial charge < -0.3 is 13.9 Å². The van der Waals surface area contributed by atoms with E-state index in [9.17, 15) is 0 Å². The summed E-state index contributed by atoms with van der Waals surface area (Å²) >= 11 is 1.87. The number of nitrogens with zero attached hydrogens (tertiary/aromatic N) is 1. The second-order valence-corrected chi connectivity index (χ2v) is 19.5. The first-order chi connectivity index (χ1) is 26.6. The van der Waals surface area contributed by atoms with Crippen LogP contribution < -0.4 is 15.8 Å². The fourth-order valence-corrected chi connectivity index (χ4v) is 11.9. The van der Waals surface area contributed by atoms with Gasteiger partial charge in [-0.3, -0.25) is 0 Å². The molecule has 0 bridgehead atoms. The van der Waals surface area contributed by atoms with E-state index >= 15 is 0 Å². The standard InChI is InChI=1S/C49H40BNO2SSi/c1-29-10-22-44-40(24-29)41-26-32(15-23-45(41)54-44)31-14-20-42-38(25-31)39-28-34(50-52-48(2,3)49(4,5)53-50)16-21-43(39)51(42)35-17-11-30(12-18-35)33-13-19-37-36-8-6-7-9-46(36)55-47(37)27-33/h6-28H,55H2,1-5H3. The topological polar surface area (TPSA) is 23.4 Å². The zero-order valence-corrected chi connectivity index (χ0v) is 34.0. The van der Waals surface area contributed by atoms with Crippen molar-refractivity contribution in [1.29, 1.82) is 0 Å². The largest absolute Gasteiger partial charge is 0.494 e. The first-order valence-electron chi connectivity index (χ1n) is 19.3. The Hall–Kier alpha value is -5.24. The van der Waals surface area contributed by atoms with Crippen LogP contribution in [0.25, 0.3) is 81.0 Å². The number of hydrogen-bond donors (Lipinski definition) is 0. The summed E-state index contributed by atoms with van der Waals surface area (Å²) in [6.07, 6.45) is 0. The van der Waals surface area contributed by atoms with Crippen molar-refractivity contribution in [1.82, 2.24) is 4.57 Å². The SMILES string of the molecule is Cc1ccc2sc3ccc(-c4ccc5c(c4)c4cc(B6OC(C)(C)C(C)(C)O6)ccc4n5-c4ccc(-c5ccc6c(c5)[SiH2]c5ccccc5-6)cc4)cc3c2c1. The molecular weight excluding hydrogens is 706 g/mol. The van der Waals surface area contributed by atoms with Gasteiger partial charge in [0.15, 0.2) is 0 Å². The van der Waals surface area contributed by atoms with Crippen LogP contribution in [0.15, 0.2) is 140 Å². The van der Waals surface area contributed by atoms with Crippen molar-refractivity contribution < 1.29 is 9.31 Å². The van der Waals surface area contributed by atoms with E-state index in [-0.39, 0.29) is 0 Å². The Morgan fingerprint density at radius 3 is 1.89 bits per heavy atom. The molecule has 0 radical (unpaired) electrons. The quantitative estimate of drug-likeness (QED) is 0.168. The Morgan fingerprint density at radius 1 is 0.527 bits per heavy atom. The minimum atomic E-state index is -0.461. The molecule has 0 unspecified atom stereocenters. The molecule has 7 aromatic carbocycles. The summed E-state index contributed by atoms with van der Waals surface area (Å²) in [5.41, 5.74) is 12.8. The minimum Gasteiger partial charge on any atom is -0.399 e. The molecule has 2 aliphatic rings. The van der Waals surface area contributed by atoms with Gasteiger partial charge in [-0.15, -0.1) is 11.3 Å². The molecule has 266 valence electrons. The molecule has 0 N–H and O–H groups in total. The summed E-state index contributed by atoms with van der Waals surface area (Å²) in [4.78, 5) is 0. The molecule has 4 heterocycles. The molecule has 1 saturated heterocycles. The Bertz CT molecular complexity index is 3030. The van der Waals surface area contributed by atoms with Crippen LogP contribution in [0.3, 0.4) is 0 Å². The third-order valence-corrected chi connectivity index (χ3v) is 15.6. The van der Waals surface area contributed by atoms with Crippen molar-refractivity contribution in [3.63, 3.8) is 0 Å². The number of rotatable bonds is 4. The summed E-state index contributed by atoms with van der Waals surface area (Å²) in [5.74, 6) is 0. The van der Waals surface area contributed by atoms with E-state index in [1.54, 1.807) is 10.4 Å². The van der Waals surface area contributed by atoms with E-state index in [4.69, 9.17) is 9.31 Å². The van der Waals surface area contributed by atoms with Crippen molar-refractivity contribution in [2.45, 2.75) is 45.8 Å². The lowest BCUT2D eigenvalue weighted by molar-refractivity contribution is 0.00578. The predicted molar refractivity (Wildman–Crippen MR) is 238 cm³/mol. The van der Waals surface area contributed by atoms with Crippen molar-refractivity contribution >= 4 is 85.8 Å². The van der Waals surface area contributed by atoms with Gasteiger partial charge in [-0.25, -0.2) is 0 Å². The van der Waals surface area contributed by atoms with Gasteiger partial charge >= 0.3 is 7.12 Å². The lowest BCUT2D eigenvalue weighted by Gasteiger charge is -2.32. The first kappa shape index (κ1) is 33.1. The normalized spacial score (nSPS) is 16.2. The lowest BCUT2D eigenvalue weighted by Crippen LogP contribution is -2.41. The van der Waals surface area contributed by atoms with E-state index in [1.807, 2.05) is 11.3 Å². The predicted octanol–water partition coefficient (Wildman–Crippen LogP) is 10.2. The van der Waals surface area contributed by atoms with E-state index in [2.05, 4.69) is 179 Å². The number of benzene rings is 7. The average Bonchev–Trinajstić information content (AvgIpc) is 3.90. The fourth-order valence-electron chi connectivity index (χ4n) is 8.82. The molecule has 0 atom stereocenters. The third kappa shape index (κ3) is 5.16. The van der Waals surface area contributed by atoms with Crippen LogP contribution in [-0.2, 0) is 9.31 Å². The van der Waals surface area contributed by atoms with Gasteiger partial charge in [0.05, 0.1) is 31.8 Å². The molecule has 2 aromatic heterocycles. The van der Waals surface area contributed by atoms with Gasteiger partial charge in [0.2, 0.25) is 0 Å². The van der Waals surface area contributed by atoms with E-state index in [0.717, 1.165) is 16.7 Å². The molecule has 3 nitrogen and oxygen atoms in total. The van der Waals surface area contributed by atoms with Crippen molar-refractivity contribution in [2.24, 2.45) is 0 Å². The second kappa shape index (κ2) is 11.9. The number of aryl methyl sites for hydroxylation is 1. The third-order valence-electron chi connectivity index (χ3n) is 12.5. The van der Waals surface area contributed by atoms with E-state index < -0.39 is 27.8 Å². The van der Waals surface area contributed by atoms with Crippen LogP contribution in [0.2, 0.25) is 0 Å². The van der Waals surface area contributed by atoms with Gasteiger partial charge in [0, 0.05) is 36.6 Å². The minimum absolute atomic E-state index is 0.413. The lowest BCUT2D eigenvalue weighted by atomic mass is 9.78.